The van der Waals surface area contributed by atoms with Crippen molar-refractivity contribution in [3.05, 3.63) is 87.7 Å². The molecule has 27 heavy (non-hydrogen) atoms. The van der Waals surface area contributed by atoms with Gasteiger partial charge in [-0.2, -0.15) is 4.39 Å². The van der Waals surface area contributed by atoms with Crippen LogP contribution in [0.3, 0.4) is 0 Å². The molecule has 0 atom stereocenters. The third kappa shape index (κ3) is 3.40. The van der Waals surface area contributed by atoms with Gasteiger partial charge in [0.15, 0.2) is 0 Å². The molecule has 0 radical (unpaired) electrons. The quantitative estimate of drug-likeness (QED) is 0.510. The molecule has 1 aromatic heterocycles. The Balaban J connectivity index is 1.53. The number of hydrogen-bond donors (Lipinski definition) is 0. The topological polar surface area (TPSA) is 64.2 Å². The first-order chi connectivity index (χ1) is 13.1. The Morgan fingerprint density at radius 3 is 2.74 bits per heavy atom. The summed E-state index contributed by atoms with van der Waals surface area (Å²) in [5.74, 6) is -0.809. The Morgan fingerprint density at radius 2 is 1.96 bits per heavy atom. The zero-order chi connectivity index (χ0) is 18.8. The van der Waals surface area contributed by atoms with Gasteiger partial charge >= 0.3 is 5.69 Å². The van der Waals surface area contributed by atoms with Gasteiger partial charge in [-0.05, 0) is 24.1 Å². The first-order valence-electron chi connectivity index (χ1n) is 8.88. The third-order valence-electron chi connectivity index (χ3n) is 4.96. The SMILES string of the molecule is O=[N+]([O-])c1c(F)cccc1N1CCc2c(ncn2CCc2ccccc2)C1. The van der Waals surface area contributed by atoms with Gasteiger partial charge in [-0.25, -0.2) is 4.98 Å². The summed E-state index contributed by atoms with van der Waals surface area (Å²) in [7, 11) is 0. The molecule has 1 aliphatic rings. The normalized spacial score (nSPS) is 13.4. The van der Waals surface area contributed by atoms with Crippen molar-refractivity contribution < 1.29 is 9.31 Å². The fourth-order valence-corrected chi connectivity index (χ4v) is 3.60. The predicted octanol–water partition coefficient (Wildman–Crippen LogP) is 3.74. The average molecular weight is 366 g/mol. The van der Waals surface area contributed by atoms with Gasteiger partial charge in [0.25, 0.3) is 0 Å². The van der Waals surface area contributed by atoms with E-state index in [0.29, 0.717) is 18.8 Å². The zero-order valence-corrected chi connectivity index (χ0v) is 14.7. The number of rotatable bonds is 5. The summed E-state index contributed by atoms with van der Waals surface area (Å²) in [5.41, 5.74) is 3.16. The Kier molecular flexibility index (Phi) is 4.58. The number of anilines is 1. The number of para-hydroxylation sites is 1. The molecule has 1 aliphatic heterocycles. The van der Waals surface area contributed by atoms with Crippen molar-refractivity contribution in [3.63, 3.8) is 0 Å². The third-order valence-corrected chi connectivity index (χ3v) is 4.96. The van der Waals surface area contributed by atoms with Crippen LogP contribution in [0.4, 0.5) is 15.8 Å². The second-order valence-corrected chi connectivity index (χ2v) is 6.60. The maximum Gasteiger partial charge on any atom is 0.327 e. The smallest absolute Gasteiger partial charge is 0.327 e. The van der Waals surface area contributed by atoms with Crippen LogP contribution in [-0.2, 0) is 25.9 Å². The van der Waals surface area contributed by atoms with Gasteiger partial charge in [0.1, 0.15) is 5.69 Å². The molecule has 2 aromatic carbocycles. The molecule has 7 heteroatoms. The predicted molar refractivity (Wildman–Crippen MR) is 100 cm³/mol. The second kappa shape index (κ2) is 7.19. The molecule has 0 fully saturated rings. The number of nitrogens with zero attached hydrogens (tertiary/aromatic N) is 4. The van der Waals surface area contributed by atoms with Crippen molar-refractivity contribution in [2.24, 2.45) is 0 Å². The highest BCUT2D eigenvalue weighted by atomic mass is 19.1. The minimum atomic E-state index is -0.809. The molecule has 0 bridgehead atoms. The lowest BCUT2D eigenvalue weighted by atomic mass is 10.1. The largest absolute Gasteiger partial charge is 0.360 e. The minimum absolute atomic E-state index is 0.310. The molecular formula is C20H19FN4O2. The summed E-state index contributed by atoms with van der Waals surface area (Å²) in [4.78, 5) is 17.0. The fourth-order valence-electron chi connectivity index (χ4n) is 3.60. The summed E-state index contributed by atoms with van der Waals surface area (Å²) in [5, 5.41) is 11.3. The van der Waals surface area contributed by atoms with Crippen molar-refractivity contribution in [2.75, 3.05) is 11.4 Å². The highest BCUT2D eigenvalue weighted by Crippen LogP contribution is 2.33. The maximum absolute atomic E-state index is 13.9. The van der Waals surface area contributed by atoms with Gasteiger partial charge in [0, 0.05) is 25.2 Å². The van der Waals surface area contributed by atoms with Gasteiger partial charge in [0.2, 0.25) is 5.82 Å². The number of halogens is 1. The summed E-state index contributed by atoms with van der Waals surface area (Å²) in [6.07, 6.45) is 3.47. The van der Waals surface area contributed by atoms with E-state index < -0.39 is 16.4 Å². The minimum Gasteiger partial charge on any atom is -0.360 e. The van der Waals surface area contributed by atoms with Crippen molar-refractivity contribution in [2.45, 2.75) is 25.9 Å². The van der Waals surface area contributed by atoms with Crippen LogP contribution >= 0.6 is 0 Å². The summed E-state index contributed by atoms with van der Waals surface area (Å²) in [6, 6.07) is 14.5. The molecule has 0 saturated heterocycles. The van der Waals surface area contributed by atoms with Crippen LogP contribution in [-0.4, -0.2) is 21.0 Å². The van der Waals surface area contributed by atoms with E-state index in [1.54, 1.807) is 6.07 Å². The first kappa shape index (κ1) is 17.2. The maximum atomic E-state index is 13.9. The average Bonchev–Trinajstić information content (AvgIpc) is 3.09. The summed E-state index contributed by atoms with van der Waals surface area (Å²) >= 11 is 0. The first-order valence-corrected chi connectivity index (χ1v) is 8.88. The Bertz CT molecular complexity index is 971. The highest BCUT2D eigenvalue weighted by Gasteiger charge is 2.28. The molecule has 0 spiro atoms. The number of nitro groups is 1. The van der Waals surface area contributed by atoms with Crippen LogP contribution in [0.1, 0.15) is 17.0 Å². The zero-order valence-electron chi connectivity index (χ0n) is 14.7. The van der Waals surface area contributed by atoms with Crippen molar-refractivity contribution >= 4 is 11.4 Å². The van der Waals surface area contributed by atoms with Crippen LogP contribution in [0.2, 0.25) is 0 Å². The second-order valence-electron chi connectivity index (χ2n) is 6.60. The lowest BCUT2D eigenvalue weighted by Gasteiger charge is -2.28. The molecule has 0 amide bonds. The molecule has 0 saturated carbocycles. The molecule has 4 rings (SSSR count). The Labute approximate surface area is 156 Å². The van der Waals surface area contributed by atoms with E-state index in [9.17, 15) is 14.5 Å². The van der Waals surface area contributed by atoms with E-state index in [1.165, 1.54) is 11.6 Å². The molecular weight excluding hydrogens is 347 g/mol. The van der Waals surface area contributed by atoms with Crippen LogP contribution in [0.5, 0.6) is 0 Å². The lowest BCUT2D eigenvalue weighted by Crippen LogP contribution is -2.32. The van der Waals surface area contributed by atoms with Gasteiger partial charge in [-0.3, -0.25) is 10.1 Å². The Hall–Kier alpha value is -3.22. The van der Waals surface area contributed by atoms with Crippen molar-refractivity contribution in [3.8, 4) is 0 Å². The number of aryl methyl sites for hydroxylation is 2. The molecule has 138 valence electrons. The number of imidazole rings is 1. The molecule has 0 N–H and O–H groups in total. The van der Waals surface area contributed by atoms with Crippen molar-refractivity contribution in [1.29, 1.82) is 0 Å². The monoisotopic (exact) mass is 366 g/mol. The van der Waals surface area contributed by atoms with Gasteiger partial charge in [-0.15, -0.1) is 0 Å². The summed E-state index contributed by atoms with van der Waals surface area (Å²) in [6.45, 7) is 1.87. The standard InChI is InChI=1S/C20H19FN4O2/c21-16-7-4-8-19(20(16)25(26)27)23-12-10-18-17(13-23)22-14-24(18)11-9-15-5-2-1-3-6-15/h1-8,14H,9-13H2. The van der Waals surface area contributed by atoms with Gasteiger partial charge < -0.3 is 9.47 Å². The Morgan fingerprint density at radius 1 is 1.15 bits per heavy atom. The van der Waals surface area contributed by atoms with E-state index in [1.807, 2.05) is 29.4 Å². The van der Waals surface area contributed by atoms with Crippen LogP contribution in [0, 0.1) is 15.9 Å². The molecule has 0 unspecified atom stereocenters. The number of benzene rings is 2. The van der Waals surface area contributed by atoms with Crippen LogP contribution < -0.4 is 4.90 Å². The van der Waals surface area contributed by atoms with E-state index in [2.05, 4.69) is 21.7 Å². The van der Waals surface area contributed by atoms with Gasteiger partial charge in [0.05, 0.1) is 23.5 Å². The van der Waals surface area contributed by atoms with E-state index in [0.717, 1.165) is 36.8 Å². The number of fused-ring (bicyclic) bond motifs is 1. The fraction of sp³-hybridized carbons (Fsp3) is 0.250. The van der Waals surface area contributed by atoms with Crippen LogP contribution in [0.25, 0.3) is 0 Å². The molecule has 0 aliphatic carbocycles. The number of aromatic nitrogens is 2. The molecule has 6 nitrogen and oxygen atoms in total. The molecule has 3 aromatic rings. The highest BCUT2D eigenvalue weighted by molar-refractivity contribution is 5.64. The van der Waals surface area contributed by atoms with E-state index in [-0.39, 0.29) is 0 Å². The van der Waals surface area contributed by atoms with E-state index >= 15 is 0 Å². The molecule has 2 heterocycles. The number of hydrogen-bond acceptors (Lipinski definition) is 4. The van der Waals surface area contributed by atoms with Gasteiger partial charge in [-0.1, -0.05) is 36.4 Å². The van der Waals surface area contributed by atoms with Crippen LogP contribution in [0.15, 0.2) is 54.9 Å². The van der Waals surface area contributed by atoms with Crippen molar-refractivity contribution in [1.82, 2.24) is 9.55 Å². The lowest BCUT2D eigenvalue weighted by molar-refractivity contribution is -0.386. The van der Waals surface area contributed by atoms with E-state index in [4.69, 9.17) is 0 Å². The number of nitro benzene ring substituents is 1. The summed E-state index contributed by atoms with van der Waals surface area (Å²) < 4.78 is 16.1.